The Kier molecular flexibility index (Phi) is 17.0. The number of thioether (sulfide) groups is 1. The molecule has 0 bridgehead atoms. The third-order valence-corrected chi connectivity index (χ3v) is 18.9. The second-order valence-electron chi connectivity index (χ2n) is 20.4. The van der Waals surface area contributed by atoms with Crippen molar-refractivity contribution in [2.75, 3.05) is 54.6 Å². The van der Waals surface area contributed by atoms with Crippen LogP contribution in [-0.2, 0) is 25.6 Å². The molecule has 0 saturated carbocycles. The lowest BCUT2D eigenvalue weighted by Crippen LogP contribution is -2.29. The van der Waals surface area contributed by atoms with Crippen LogP contribution in [0.15, 0.2) is 115 Å². The summed E-state index contributed by atoms with van der Waals surface area (Å²) in [5.41, 5.74) is 8.79. The predicted molar refractivity (Wildman–Crippen MR) is 309 cm³/mol. The van der Waals surface area contributed by atoms with E-state index in [1.807, 2.05) is 50.7 Å². The van der Waals surface area contributed by atoms with Gasteiger partial charge in [0, 0.05) is 98.7 Å². The number of nitrogens with zero attached hydrogens (tertiary/aromatic N) is 3. The van der Waals surface area contributed by atoms with Crippen molar-refractivity contribution in [2.24, 2.45) is 5.41 Å². The van der Waals surface area contributed by atoms with Crippen molar-refractivity contribution >= 4 is 129 Å². The Balaban J connectivity index is 1.27. The fraction of sp³-hybridized carbons (Fsp3) is 0.455. The summed E-state index contributed by atoms with van der Waals surface area (Å²) >= 11 is 25.5. The lowest BCUT2D eigenvalue weighted by molar-refractivity contribution is -0.437. The van der Waals surface area contributed by atoms with Crippen molar-refractivity contribution in [3.8, 4) is 0 Å². The molecule has 4 aromatic rings. The van der Waals surface area contributed by atoms with Crippen LogP contribution in [0.4, 0.5) is 11.4 Å². The molecule has 6 nitrogen and oxygen atoms in total. The molecule has 0 atom stereocenters. The number of sulfonamides is 1. The minimum atomic E-state index is -3.85. The van der Waals surface area contributed by atoms with E-state index < -0.39 is 20.9 Å². The average molecular weight is 1050 g/mol. The van der Waals surface area contributed by atoms with E-state index in [1.54, 1.807) is 13.1 Å². The van der Waals surface area contributed by atoms with Crippen LogP contribution >= 0.6 is 74.9 Å². The van der Waals surface area contributed by atoms with Crippen LogP contribution in [0.1, 0.15) is 105 Å². The van der Waals surface area contributed by atoms with E-state index in [0.29, 0.717) is 23.1 Å². The van der Waals surface area contributed by atoms with Gasteiger partial charge in [0.05, 0.1) is 10.3 Å². The van der Waals surface area contributed by atoms with Crippen LogP contribution in [0.25, 0.3) is 21.5 Å². The first-order valence-corrected chi connectivity index (χ1v) is 29.2. The number of thiol groups is 5. The second-order valence-corrected chi connectivity index (χ2v) is 25.8. The van der Waals surface area contributed by atoms with Gasteiger partial charge in [-0.05, 0) is 132 Å². The van der Waals surface area contributed by atoms with Gasteiger partial charge in [-0.15, -0.1) is 37.0 Å². The maximum atomic E-state index is 14.3. The van der Waals surface area contributed by atoms with E-state index >= 15 is 0 Å². The van der Waals surface area contributed by atoms with Crippen LogP contribution in [0.2, 0.25) is 0 Å². The first kappa shape index (κ1) is 53.3. The highest BCUT2D eigenvalue weighted by Crippen LogP contribution is 2.52. The molecule has 0 radical (unpaired) electrons. The molecular weight excluding hydrogens is 975 g/mol. The van der Waals surface area contributed by atoms with Gasteiger partial charge in [-0.2, -0.15) is 42.5 Å². The first-order valence-electron chi connectivity index (χ1n) is 24.0. The molecule has 0 fully saturated rings. The fourth-order valence-corrected chi connectivity index (χ4v) is 14.1. The standard InChI is InChI=1S/C55H69N3O3S7/c1-53(2,3)49(59)18-11-27-56(8)68(60,61)46-17-10-16-41-40(46)22-24-43-50(41)54(4,5)47(57(43)28-12-30-62)25-19-36-14-9-15-37(52(36)67-33-32-64)20-26-48-55(6,7)51-42-34-38(65)35-45(66)39(42)21-23-44(51)58(48)29-13-31-63/h10,16-17,19-26,34-35H,9,11-15,18,27-33H2,1-8H3,(H4-,62,63,64,65,66)/p+1. The largest absolute Gasteiger partial charge is 0.344 e. The number of carbonyl (C=O) groups excluding carboxylic acids is 1. The quantitative estimate of drug-likeness (QED) is 0.0508. The van der Waals surface area contributed by atoms with E-state index in [0.717, 1.165) is 100 Å². The maximum Gasteiger partial charge on any atom is 0.243 e. The van der Waals surface area contributed by atoms with E-state index in [1.165, 1.54) is 48.4 Å². The molecule has 68 heavy (non-hydrogen) atoms. The van der Waals surface area contributed by atoms with Gasteiger partial charge < -0.3 is 4.90 Å². The van der Waals surface area contributed by atoms with Crippen molar-refractivity contribution in [3.05, 3.63) is 112 Å². The van der Waals surface area contributed by atoms with Gasteiger partial charge in [0.25, 0.3) is 0 Å². The molecule has 0 aromatic heterocycles. The number of carbonyl (C=O) groups is 1. The SMILES string of the molecule is CN(CCCC(=O)C(C)(C)C)S(=O)(=O)c1cccc2c3c(ccc12)N(CCCS)/C(=C/C=C1\CCCC(/C=C/C2=[N+](CCCS)c4ccc5c(S)cc(S)cc5c4C2(C)C)=C1SCCS)C3(C)C. The molecule has 2 heterocycles. The number of allylic oxidation sites excluding steroid dienone is 7. The average Bonchev–Trinajstić information content (AvgIpc) is 3.65. The Labute approximate surface area is 438 Å². The molecule has 364 valence electrons. The molecule has 0 saturated heterocycles. The number of Topliss-reactive ketones (excluding diaryl/α,β-unsaturated/α-hetero) is 1. The molecule has 13 heteroatoms. The summed E-state index contributed by atoms with van der Waals surface area (Å²) in [6.07, 6.45) is 15.2. The molecule has 3 aliphatic rings. The van der Waals surface area contributed by atoms with E-state index in [-0.39, 0.29) is 17.7 Å². The molecule has 0 N–H and O–H groups in total. The van der Waals surface area contributed by atoms with Crippen molar-refractivity contribution in [2.45, 2.75) is 119 Å². The van der Waals surface area contributed by atoms with Gasteiger partial charge in [-0.3, -0.25) is 4.79 Å². The Hall–Kier alpha value is -2.49. The molecule has 7 rings (SSSR count). The van der Waals surface area contributed by atoms with Crippen LogP contribution in [-0.4, -0.2) is 78.5 Å². The minimum Gasteiger partial charge on any atom is -0.344 e. The number of hydrogen-bond acceptors (Lipinski definition) is 10. The van der Waals surface area contributed by atoms with Crippen LogP contribution in [0, 0.1) is 5.41 Å². The smallest absolute Gasteiger partial charge is 0.243 e. The molecule has 4 aromatic carbocycles. The minimum absolute atomic E-state index is 0.133. The number of anilines is 1. The van der Waals surface area contributed by atoms with Crippen molar-refractivity contribution in [1.82, 2.24) is 4.31 Å². The van der Waals surface area contributed by atoms with Gasteiger partial charge in [0.2, 0.25) is 15.7 Å². The zero-order valence-corrected chi connectivity index (χ0v) is 47.1. The summed E-state index contributed by atoms with van der Waals surface area (Å²) in [6, 6.07) is 18.5. The first-order chi connectivity index (χ1) is 32.2. The van der Waals surface area contributed by atoms with Crippen molar-refractivity contribution in [3.63, 3.8) is 0 Å². The monoisotopic (exact) mass is 1040 g/mol. The zero-order valence-electron chi connectivity index (χ0n) is 41.0. The molecular formula is C55H70N3O3S7+. The number of hydrogen-bond donors (Lipinski definition) is 5. The van der Waals surface area contributed by atoms with Crippen LogP contribution < -0.4 is 4.90 Å². The van der Waals surface area contributed by atoms with Gasteiger partial charge in [0.1, 0.15) is 12.3 Å². The fourth-order valence-electron chi connectivity index (χ4n) is 10.5. The summed E-state index contributed by atoms with van der Waals surface area (Å²) in [5.74, 6) is 3.38. The normalized spacial score (nSPS) is 18.4. The number of ketones is 1. The third-order valence-electron chi connectivity index (χ3n) is 13.9. The molecule has 1 aliphatic carbocycles. The lowest BCUT2D eigenvalue weighted by atomic mass is 9.78. The highest BCUT2D eigenvalue weighted by atomic mass is 32.2. The van der Waals surface area contributed by atoms with E-state index in [4.69, 9.17) is 25.3 Å². The predicted octanol–water partition coefficient (Wildman–Crippen LogP) is 13.9. The zero-order chi connectivity index (χ0) is 49.3. The van der Waals surface area contributed by atoms with Gasteiger partial charge >= 0.3 is 0 Å². The Morgan fingerprint density at radius 3 is 2.28 bits per heavy atom. The summed E-state index contributed by atoms with van der Waals surface area (Å²) < 4.78 is 32.4. The number of rotatable bonds is 18. The number of fused-ring (bicyclic) bond motifs is 6. The van der Waals surface area contributed by atoms with Crippen molar-refractivity contribution in [1.29, 1.82) is 0 Å². The highest BCUT2D eigenvalue weighted by Gasteiger charge is 2.46. The maximum absolute atomic E-state index is 14.3. The molecule has 0 amide bonds. The summed E-state index contributed by atoms with van der Waals surface area (Å²) in [7, 11) is -2.23. The summed E-state index contributed by atoms with van der Waals surface area (Å²) in [6.45, 7) is 16.9. The van der Waals surface area contributed by atoms with Gasteiger partial charge in [-0.25, -0.2) is 12.7 Å². The Morgan fingerprint density at radius 2 is 1.57 bits per heavy atom. The third kappa shape index (κ3) is 10.5. The lowest BCUT2D eigenvalue weighted by Gasteiger charge is -2.27. The molecule has 0 unspecified atom stereocenters. The van der Waals surface area contributed by atoms with Crippen LogP contribution in [0.5, 0.6) is 0 Å². The summed E-state index contributed by atoms with van der Waals surface area (Å²) in [5, 5.41) is 4.00. The second kappa shape index (κ2) is 21.7. The van der Waals surface area contributed by atoms with Crippen molar-refractivity contribution < 1.29 is 17.8 Å². The molecule has 0 spiro atoms. The Bertz CT molecular complexity index is 2880. The van der Waals surface area contributed by atoms with Crippen LogP contribution in [0.3, 0.4) is 0 Å². The Morgan fingerprint density at radius 1 is 0.838 bits per heavy atom. The molecule has 2 aliphatic heterocycles. The highest BCUT2D eigenvalue weighted by molar-refractivity contribution is 8.03. The summed E-state index contributed by atoms with van der Waals surface area (Å²) in [4.78, 5) is 18.6. The van der Waals surface area contributed by atoms with Gasteiger partial charge in [0.15, 0.2) is 5.71 Å². The van der Waals surface area contributed by atoms with E-state index in [9.17, 15) is 13.2 Å². The topological polar surface area (TPSA) is 60.7 Å². The van der Waals surface area contributed by atoms with E-state index in [2.05, 4.69) is 130 Å². The van der Waals surface area contributed by atoms with Gasteiger partial charge in [-0.1, -0.05) is 65.0 Å². The number of benzene rings is 4.